The zero-order chi connectivity index (χ0) is 18.2. The highest BCUT2D eigenvalue weighted by Gasteiger charge is 2.23. The molecule has 0 fully saturated rings. The first-order valence-corrected chi connectivity index (χ1v) is 9.28. The van der Waals surface area contributed by atoms with E-state index < -0.39 is 16.9 Å². The molecular formula is C17H19ClN2O4S. The summed E-state index contributed by atoms with van der Waals surface area (Å²) < 4.78 is 29.6. The van der Waals surface area contributed by atoms with Crippen LogP contribution in [0, 0.1) is 0 Å². The number of hydrogen-bond acceptors (Lipinski definition) is 5. The van der Waals surface area contributed by atoms with Crippen LogP contribution in [0.15, 0.2) is 48.7 Å². The fourth-order valence-electron chi connectivity index (χ4n) is 2.47. The highest BCUT2D eigenvalue weighted by molar-refractivity contribution is 7.69. The van der Waals surface area contributed by atoms with Crippen LogP contribution in [0.25, 0.3) is 0 Å². The minimum absolute atomic E-state index is 0.0939. The number of esters is 1. The number of carbonyl (C=O) groups excluding carboxylic acids is 1. The molecule has 1 unspecified atom stereocenters. The Bertz CT molecular complexity index is 758. The van der Waals surface area contributed by atoms with Gasteiger partial charge in [0.1, 0.15) is 0 Å². The number of rotatable bonds is 8. The highest BCUT2D eigenvalue weighted by Crippen LogP contribution is 2.26. The van der Waals surface area contributed by atoms with Crippen LogP contribution in [0.5, 0.6) is 0 Å². The van der Waals surface area contributed by atoms with Crippen molar-refractivity contribution < 1.29 is 17.9 Å². The number of alkyl halides is 1. The number of halogens is 1. The normalized spacial score (nSPS) is 12.3. The SMILES string of the molecule is COC(=O)c1ccc(CN(C(CCCl)c2ccccc2)[SH](=O)=O)nc1. The second-order valence-electron chi connectivity index (χ2n) is 5.27. The number of aromatic nitrogens is 1. The van der Waals surface area contributed by atoms with Gasteiger partial charge in [-0.1, -0.05) is 30.3 Å². The van der Waals surface area contributed by atoms with Crippen LogP contribution in [0.3, 0.4) is 0 Å². The lowest BCUT2D eigenvalue weighted by Crippen LogP contribution is -2.28. The molecule has 1 aromatic heterocycles. The Labute approximate surface area is 153 Å². The molecule has 0 aliphatic rings. The van der Waals surface area contributed by atoms with Crippen molar-refractivity contribution in [1.82, 2.24) is 9.29 Å². The zero-order valence-electron chi connectivity index (χ0n) is 13.7. The van der Waals surface area contributed by atoms with Gasteiger partial charge in [-0.25, -0.2) is 13.2 Å². The van der Waals surface area contributed by atoms with E-state index in [0.717, 1.165) is 5.56 Å². The third-order valence-corrected chi connectivity index (χ3v) is 4.76. The lowest BCUT2D eigenvalue weighted by atomic mass is 10.0. The van der Waals surface area contributed by atoms with Gasteiger partial charge in [0.25, 0.3) is 0 Å². The Balaban J connectivity index is 2.26. The van der Waals surface area contributed by atoms with Crippen molar-refractivity contribution in [2.75, 3.05) is 13.0 Å². The number of ether oxygens (including phenoxy) is 1. The average Bonchev–Trinajstić information content (AvgIpc) is 2.65. The summed E-state index contributed by atoms with van der Waals surface area (Å²) in [6, 6.07) is 12.1. The Morgan fingerprint density at radius 3 is 2.48 bits per heavy atom. The van der Waals surface area contributed by atoms with Gasteiger partial charge >= 0.3 is 5.97 Å². The molecule has 2 rings (SSSR count). The molecule has 1 aromatic carbocycles. The average molecular weight is 383 g/mol. The van der Waals surface area contributed by atoms with E-state index in [1.54, 1.807) is 12.1 Å². The molecule has 0 N–H and O–H groups in total. The first-order chi connectivity index (χ1) is 12.1. The molecule has 0 bridgehead atoms. The number of pyridine rings is 1. The van der Waals surface area contributed by atoms with Crippen LogP contribution >= 0.6 is 11.6 Å². The summed E-state index contributed by atoms with van der Waals surface area (Å²) in [5.41, 5.74) is 1.71. The lowest BCUT2D eigenvalue weighted by Gasteiger charge is -2.26. The minimum atomic E-state index is -2.84. The second-order valence-corrected chi connectivity index (χ2v) is 6.64. The van der Waals surface area contributed by atoms with Crippen molar-refractivity contribution in [3.8, 4) is 0 Å². The van der Waals surface area contributed by atoms with E-state index in [1.807, 2.05) is 30.3 Å². The van der Waals surface area contributed by atoms with Gasteiger partial charge in [-0.15, -0.1) is 11.6 Å². The first kappa shape index (κ1) is 19.4. The third-order valence-electron chi connectivity index (χ3n) is 3.71. The van der Waals surface area contributed by atoms with Crippen LogP contribution in [0.2, 0.25) is 0 Å². The summed E-state index contributed by atoms with van der Waals surface area (Å²) >= 11 is 5.88. The summed E-state index contributed by atoms with van der Waals surface area (Å²) in [7, 11) is -1.55. The van der Waals surface area contributed by atoms with E-state index in [2.05, 4.69) is 9.72 Å². The Kier molecular flexibility index (Phi) is 7.36. The fraction of sp³-hybridized carbons (Fsp3) is 0.294. The van der Waals surface area contributed by atoms with Crippen molar-refractivity contribution in [2.45, 2.75) is 19.0 Å². The fourth-order valence-corrected chi connectivity index (χ4v) is 3.41. The van der Waals surface area contributed by atoms with Crippen LogP contribution in [0.1, 0.15) is 34.1 Å². The molecule has 0 saturated carbocycles. The van der Waals surface area contributed by atoms with Gasteiger partial charge < -0.3 is 4.74 Å². The van der Waals surface area contributed by atoms with E-state index in [1.165, 1.54) is 17.6 Å². The predicted octanol–water partition coefficient (Wildman–Crippen LogP) is 2.57. The molecule has 2 aromatic rings. The summed E-state index contributed by atoms with van der Waals surface area (Å²) in [4.78, 5) is 15.6. The molecule has 0 aliphatic heterocycles. The molecule has 1 heterocycles. The molecule has 0 amide bonds. The number of nitrogens with zero attached hydrogens (tertiary/aromatic N) is 2. The van der Waals surface area contributed by atoms with E-state index in [4.69, 9.17) is 11.6 Å². The number of methoxy groups -OCH3 is 1. The third kappa shape index (κ3) is 5.26. The van der Waals surface area contributed by atoms with Crippen LogP contribution in [-0.4, -0.2) is 36.7 Å². The van der Waals surface area contributed by atoms with Crippen LogP contribution in [0.4, 0.5) is 0 Å². The maximum atomic E-state index is 11.8. The van der Waals surface area contributed by atoms with Gasteiger partial charge in [-0.3, -0.25) is 4.98 Å². The largest absolute Gasteiger partial charge is 0.465 e. The Morgan fingerprint density at radius 1 is 1.24 bits per heavy atom. The molecule has 1 atom stereocenters. The first-order valence-electron chi connectivity index (χ1n) is 7.62. The van der Waals surface area contributed by atoms with Gasteiger partial charge in [0.15, 0.2) is 0 Å². The van der Waals surface area contributed by atoms with Crippen molar-refractivity contribution in [3.05, 3.63) is 65.5 Å². The summed E-state index contributed by atoms with van der Waals surface area (Å²) in [6.07, 6.45) is 1.85. The lowest BCUT2D eigenvalue weighted by molar-refractivity contribution is 0.0600. The summed E-state index contributed by atoms with van der Waals surface area (Å²) in [5.74, 6) is -0.163. The maximum absolute atomic E-state index is 11.8. The van der Waals surface area contributed by atoms with Gasteiger partial charge in [-0.2, -0.15) is 4.31 Å². The van der Waals surface area contributed by atoms with Gasteiger partial charge in [0.05, 0.1) is 31.0 Å². The molecular weight excluding hydrogens is 364 g/mol. The highest BCUT2D eigenvalue weighted by atomic mass is 35.5. The van der Waals surface area contributed by atoms with Gasteiger partial charge in [-0.05, 0) is 24.1 Å². The summed E-state index contributed by atoms with van der Waals surface area (Å²) in [6.45, 7) is 0.0939. The topological polar surface area (TPSA) is 76.6 Å². The zero-order valence-corrected chi connectivity index (χ0v) is 15.3. The van der Waals surface area contributed by atoms with Gasteiger partial charge in [0.2, 0.25) is 10.9 Å². The monoisotopic (exact) mass is 382 g/mol. The number of carbonyl (C=O) groups is 1. The minimum Gasteiger partial charge on any atom is -0.465 e. The smallest absolute Gasteiger partial charge is 0.339 e. The standard InChI is InChI=1S/C17H19ClN2O4S/c1-24-17(21)14-7-8-15(19-11-14)12-20(25(22)23)16(9-10-18)13-5-3-2-4-6-13/h2-8,11,16,25H,9-10,12H2,1H3. The summed E-state index contributed by atoms with van der Waals surface area (Å²) in [5, 5.41) is 0. The molecule has 8 heteroatoms. The molecule has 0 saturated heterocycles. The van der Waals surface area contributed by atoms with E-state index >= 15 is 0 Å². The van der Waals surface area contributed by atoms with Gasteiger partial charge in [0, 0.05) is 12.1 Å². The maximum Gasteiger partial charge on any atom is 0.339 e. The molecule has 0 spiro atoms. The molecule has 6 nitrogen and oxygen atoms in total. The van der Waals surface area contributed by atoms with Crippen molar-refractivity contribution in [3.63, 3.8) is 0 Å². The number of benzene rings is 1. The quantitative estimate of drug-likeness (QED) is 0.431. The molecule has 134 valence electrons. The molecule has 0 aliphatic carbocycles. The molecule has 0 radical (unpaired) electrons. The predicted molar refractivity (Wildman–Crippen MR) is 96.0 cm³/mol. The second kappa shape index (κ2) is 9.50. The van der Waals surface area contributed by atoms with Crippen molar-refractivity contribution in [2.24, 2.45) is 0 Å². The van der Waals surface area contributed by atoms with E-state index in [0.29, 0.717) is 23.6 Å². The van der Waals surface area contributed by atoms with Crippen molar-refractivity contribution in [1.29, 1.82) is 0 Å². The Hall–Kier alpha value is -1.96. The van der Waals surface area contributed by atoms with Crippen LogP contribution < -0.4 is 0 Å². The van der Waals surface area contributed by atoms with E-state index in [9.17, 15) is 13.2 Å². The number of thiol groups is 1. The molecule has 25 heavy (non-hydrogen) atoms. The number of hydrogen-bond donors (Lipinski definition) is 1. The van der Waals surface area contributed by atoms with Crippen LogP contribution in [-0.2, 0) is 22.2 Å². The Morgan fingerprint density at radius 2 is 1.96 bits per heavy atom. The van der Waals surface area contributed by atoms with Crippen molar-refractivity contribution >= 4 is 28.5 Å². The van der Waals surface area contributed by atoms with E-state index in [-0.39, 0.29) is 12.6 Å².